The molecule has 1 unspecified atom stereocenters. The monoisotopic (exact) mass is 308 g/mol. The lowest BCUT2D eigenvalue weighted by Gasteiger charge is -2.26. The van der Waals surface area contributed by atoms with Crippen molar-refractivity contribution in [2.45, 2.75) is 13.0 Å². The van der Waals surface area contributed by atoms with Crippen molar-refractivity contribution in [1.82, 2.24) is 9.88 Å². The van der Waals surface area contributed by atoms with Gasteiger partial charge in [-0.1, -0.05) is 41.4 Å². The van der Waals surface area contributed by atoms with Gasteiger partial charge in [-0.3, -0.25) is 4.79 Å². The maximum Gasteiger partial charge on any atom is 0.254 e. The molecule has 2 aromatic rings. The molecule has 0 N–H and O–H groups in total. The molecular weight excluding hydrogens is 295 g/mol. The number of nitrogens with zero attached hydrogens (tertiary/aromatic N) is 2. The zero-order valence-corrected chi connectivity index (χ0v) is 12.7. The van der Waals surface area contributed by atoms with Crippen LogP contribution in [0, 0.1) is 0 Å². The highest BCUT2D eigenvalue weighted by Gasteiger charge is 2.20. The van der Waals surface area contributed by atoms with Crippen LogP contribution >= 0.6 is 23.2 Å². The Hall–Kier alpha value is -1.58. The molecule has 20 heavy (non-hydrogen) atoms. The van der Waals surface area contributed by atoms with Gasteiger partial charge >= 0.3 is 0 Å². The van der Waals surface area contributed by atoms with Crippen LogP contribution in [0.2, 0.25) is 10.2 Å². The van der Waals surface area contributed by atoms with Crippen molar-refractivity contribution in [1.29, 1.82) is 0 Å². The molecule has 0 aliphatic heterocycles. The third-order valence-corrected chi connectivity index (χ3v) is 3.78. The van der Waals surface area contributed by atoms with Crippen LogP contribution in [0.5, 0.6) is 0 Å². The van der Waals surface area contributed by atoms with Crippen LogP contribution in [-0.2, 0) is 0 Å². The number of pyridine rings is 1. The maximum atomic E-state index is 12.4. The van der Waals surface area contributed by atoms with E-state index in [1.54, 1.807) is 24.1 Å². The molecule has 5 heteroatoms. The first-order valence-corrected chi connectivity index (χ1v) is 6.89. The van der Waals surface area contributed by atoms with E-state index in [4.69, 9.17) is 23.2 Å². The fourth-order valence-electron chi connectivity index (χ4n) is 1.94. The van der Waals surface area contributed by atoms with E-state index in [-0.39, 0.29) is 11.9 Å². The van der Waals surface area contributed by atoms with Gasteiger partial charge in [0.05, 0.1) is 6.04 Å². The second-order valence-electron chi connectivity index (χ2n) is 4.48. The predicted octanol–water partition coefficient (Wildman–Crippen LogP) is 4.22. The molecule has 1 aromatic heterocycles. The summed E-state index contributed by atoms with van der Waals surface area (Å²) in [4.78, 5) is 17.9. The third kappa shape index (κ3) is 3.11. The van der Waals surface area contributed by atoms with E-state index in [1.165, 1.54) is 6.20 Å². The van der Waals surface area contributed by atoms with Gasteiger partial charge in [-0.15, -0.1) is 0 Å². The Morgan fingerprint density at radius 2 is 1.95 bits per heavy atom. The molecule has 0 fully saturated rings. The van der Waals surface area contributed by atoms with Gasteiger partial charge in [0.15, 0.2) is 0 Å². The quantitative estimate of drug-likeness (QED) is 0.795. The molecule has 1 aromatic carbocycles. The SMILES string of the molecule is CC(c1ccccc1Cl)N(C)C(=O)c1ccnc(Cl)c1. The summed E-state index contributed by atoms with van der Waals surface area (Å²) in [5.41, 5.74) is 1.41. The topological polar surface area (TPSA) is 33.2 Å². The summed E-state index contributed by atoms with van der Waals surface area (Å²) in [6.45, 7) is 1.93. The minimum atomic E-state index is -0.136. The highest BCUT2D eigenvalue weighted by Crippen LogP contribution is 2.27. The molecule has 0 radical (unpaired) electrons. The lowest BCUT2D eigenvalue weighted by atomic mass is 10.1. The molecule has 2 rings (SSSR count). The van der Waals surface area contributed by atoms with Crippen molar-refractivity contribution in [2.75, 3.05) is 7.05 Å². The van der Waals surface area contributed by atoms with Gasteiger partial charge in [0.1, 0.15) is 5.15 Å². The summed E-state index contributed by atoms with van der Waals surface area (Å²) in [5.74, 6) is -0.123. The van der Waals surface area contributed by atoms with Gasteiger partial charge in [-0.2, -0.15) is 0 Å². The fraction of sp³-hybridized carbons (Fsp3) is 0.200. The van der Waals surface area contributed by atoms with Crippen molar-refractivity contribution >= 4 is 29.1 Å². The van der Waals surface area contributed by atoms with Gasteiger partial charge in [0, 0.05) is 23.8 Å². The Morgan fingerprint density at radius 3 is 2.60 bits per heavy atom. The van der Waals surface area contributed by atoms with Crippen molar-refractivity contribution in [3.63, 3.8) is 0 Å². The largest absolute Gasteiger partial charge is 0.335 e. The average molecular weight is 309 g/mol. The minimum Gasteiger partial charge on any atom is -0.335 e. The van der Waals surface area contributed by atoms with Crippen molar-refractivity contribution in [3.8, 4) is 0 Å². The zero-order chi connectivity index (χ0) is 14.7. The second-order valence-corrected chi connectivity index (χ2v) is 5.28. The molecule has 0 saturated carbocycles. The van der Waals surface area contributed by atoms with Crippen molar-refractivity contribution in [3.05, 3.63) is 63.9 Å². The Balaban J connectivity index is 2.25. The molecule has 1 heterocycles. The van der Waals surface area contributed by atoms with Crippen LogP contribution in [-0.4, -0.2) is 22.8 Å². The number of halogens is 2. The van der Waals surface area contributed by atoms with Gasteiger partial charge in [-0.25, -0.2) is 4.98 Å². The number of carbonyl (C=O) groups excluding carboxylic acids is 1. The van der Waals surface area contributed by atoms with Crippen LogP contribution < -0.4 is 0 Å². The summed E-state index contributed by atoms with van der Waals surface area (Å²) in [7, 11) is 1.74. The lowest BCUT2D eigenvalue weighted by molar-refractivity contribution is 0.0742. The maximum absolute atomic E-state index is 12.4. The van der Waals surface area contributed by atoms with E-state index in [0.717, 1.165) is 5.56 Å². The van der Waals surface area contributed by atoms with Crippen molar-refractivity contribution < 1.29 is 4.79 Å². The van der Waals surface area contributed by atoms with Gasteiger partial charge < -0.3 is 4.90 Å². The Morgan fingerprint density at radius 1 is 1.25 bits per heavy atom. The van der Waals surface area contributed by atoms with Crippen LogP contribution in [0.1, 0.15) is 28.9 Å². The molecule has 0 aliphatic carbocycles. The molecule has 104 valence electrons. The summed E-state index contributed by atoms with van der Waals surface area (Å²) >= 11 is 12.0. The first-order chi connectivity index (χ1) is 9.50. The highest BCUT2D eigenvalue weighted by atomic mass is 35.5. The van der Waals surface area contributed by atoms with E-state index in [9.17, 15) is 4.79 Å². The molecule has 1 atom stereocenters. The average Bonchev–Trinajstić information content (AvgIpc) is 2.45. The number of aromatic nitrogens is 1. The smallest absolute Gasteiger partial charge is 0.254 e. The molecule has 0 spiro atoms. The standard InChI is InChI=1S/C15H14Cl2N2O/c1-10(12-5-3-4-6-13(12)16)19(2)15(20)11-7-8-18-14(17)9-11/h3-10H,1-2H3. The summed E-state index contributed by atoms with van der Waals surface area (Å²) in [6.07, 6.45) is 1.52. The van der Waals surface area contributed by atoms with Crippen molar-refractivity contribution in [2.24, 2.45) is 0 Å². The van der Waals surface area contributed by atoms with E-state index in [2.05, 4.69) is 4.98 Å². The first-order valence-electron chi connectivity index (χ1n) is 6.14. The Labute approximate surface area is 128 Å². The van der Waals surface area contributed by atoms with E-state index in [1.807, 2.05) is 31.2 Å². The zero-order valence-electron chi connectivity index (χ0n) is 11.2. The van der Waals surface area contributed by atoms with Gasteiger partial charge in [-0.05, 0) is 30.7 Å². The van der Waals surface area contributed by atoms with E-state index < -0.39 is 0 Å². The molecular formula is C15H14Cl2N2O. The summed E-state index contributed by atoms with van der Waals surface area (Å²) in [6, 6.07) is 10.6. The van der Waals surface area contributed by atoms with Gasteiger partial charge in [0.25, 0.3) is 5.91 Å². The number of hydrogen-bond acceptors (Lipinski definition) is 2. The Bertz CT molecular complexity index is 631. The normalized spacial score (nSPS) is 12.0. The van der Waals surface area contributed by atoms with Crippen LogP contribution in [0.4, 0.5) is 0 Å². The first kappa shape index (κ1) is 14.8. The minimum absolute atomic E-state index is 0.123. The van der Waals surface area contributed by atoms with Crippen LogP contribution in [0.15, 0.2) is 42.6 Å². The molecule has 0 bridgehead atoms. The number of carbonyl (C=O) groups is 1. The molecule has 1 amide bonds. The number of hydrogen-bond donors (Lipinski definition) is 0. The predicted molar refractivity (Wildman–Crippen MR) is 81.2 cm³/mol. The van der Waals surface area contributed by atoms with E-state index in [0.29, 0.717) is 15.7 Å². The number of amides is 1. The summed E-state index contributed by atoms with van der Waals surface area (Å²) in [5, 5.41) is 0.946. The van der Waals surface area contributed by atoms with Gasteiger partial charge in [0.2, 0.25) is 0 Å². The second kappa shape index (κ2) is 6.25. The van der Waals surface area contributed by atoms with Crippen LogP contribution in [0.3, 0.4) is 0 Å². The number of rotatable bonds is 3. The Kier molecular flexibility index (Phi) is 4.63. The summed E-state index contributed by atoms with van der Waals surface area (Å²) < 4.78 is 0. The molecule has 0 saturated heterocycles. The fourth-order valence-corrected chi connectivity index (χ4v) is 2.41. The van der Waals surface area contributed by atoms with E-state index >= 15 is 0 Å². The van der Waals surface area contributed by atoms with Crippen LogP contribution in [0.25, 0.3) is 0 Å². The third-order valence-electron chi connectivity index (χ3n) is 3.23. The number of benzene rings is 1. The molecule has 3 nitrogen and oxygen atoms in total. The highest BCUT2D eigenvalue weighted by molar-refractivity contribution is 6.31. The lowest BCUT2D eigenvalue weighted by Crippen LogP contribution is -2.29. The molecule has 0 aliphatic rings.